The molecule has 0 aliphatic rings. The van der Waals surface area contributed by atoms with Crippen molar-refractivity contribution in [1.29, 1.82) is 0 Å². The monoisotopic (exact) mass is 377 g/mol. The van der Waals surface area contributed by atoms with Crippen LogP contribution >= 0.6 is 0 Å². The normalized spacial score (nSPS) is 10.4. The molecule has 2 aromatic heterocycles. The number of methoxy groups -OCH3 is 1. The molecule has 0 unspecified atom stereocenters. The molecule has 0 aliphatic heterocycles. The lowest BCUT2D eigenvalue weighted by molar-refractivity contribution is 0.0949. The minimum absolute atomic E-state index is 0.229. The molecule has 144 valence electrons. The Bertz CT molecular complexity index is 931. The van der Waals surface area contributed by atoms with Crippen LogP contribution < -0.4 is 15.4 Å². The van der Waals surface area contributed by atoms with Gasteiger partial charge in [0, 0.05) is 31.2 Å². The van der Waals surface area contributed by atoms with E-state index in [1.807, 2.05) is 43.3 Å². The molecule has 0 atom stereocenters. The van der Waals surface area contributed by atoms with Gasteiger partial charge in [-0.2, -0.15) is 0 Å². The van der Waals surface area contributed by atoms with E-state index < -0.39 is 0 Å². The van der Waals surface area contributed by atoms with E-state index >= 15 is 0 Å². The van der Waals surface area contributed by atoms with E-state index in [1.54, 1.807) is 25.6 Å². The van der Waals surface area contributed by atoms with Crippen molar-refractivity contribution < 1.29 is 9.53 Å². The van der Waals surface area contributed by atoms with Gasteiger partial charge in [0.2, 0.25) is 5.95 Å². The van der Waals surface area contributed by atoms with Crippen LogP contribution in [0.2, 0.25) is 0 Å². The first-order valence-corrected chi connectivity index (χ1v) is 9.04. The number of pyridine rings is 1. The number of ether oxygens (including phenoxy) is 1. The Morgan fingerprint density at radius 3 is 2.68 bits per heavy atom. The Labute approximate surface area is 164 Å². The topological polar surface area (TPSA) is 89.0 Å². The summed E-state index contributed by atoms with van der Waals surface area (Å²) in [5, 5.41) is 6.05. The van der Waals surface area contributed by atoms with Crippen LogP contribution in [0, 0.1) is 6.92 Å². The number of benzene rings is 1. The van der Waals surface area contributed by atoms with Crippen LogP contribution in [-0.2, 0) is 13.0 Å². The van der Waals surface area contributed by atoms with Crippen LogP contribution in [0.5, 0.6) is 5.75 Å². The second kappa shape index (κ2) is 9.45. The number of carbonyl (C=O) groups is 1. The van der Waals surface area contributed by atoms with Gasteiger partial charge >= 0.3 is 0 Å². The number of rotatable bonds is 8. The largest absolute Gasteiger partial charge is 0.496 e. The minimum atomic E-state index is -0.229. The van der Waals surface area contributed by atoms with Gasteiger partial charge in [0.15, 0.2) is 0 Å². The maximum Gasteiger partial charge on any atom is 0.270 e. The molecule has 0 fully saturated rings. The summed E-state index contributed by atoms with van der Waals surface area (Å²) >= 11 is 0. The number of carbonyl (C=O) groups excluding carboxylic acids is 1. The fourth-order valence-electron chi connectivity index (χ4n) is 2.76. The molecule has 3 rings (SSSR count). The minimum Gasteiger partial charge on any atom is -0.496 e. The lowest BCUT2D eigenvalue weighted by Crippen LogP contribution is -2.27. The molecule has 2 heterocycles. The summed E-state index contributed by atoms with van der Waals surface area (Å²) in [5.74, 6) is 1.01. The lowest BCUT2D eigenvalue weighted by atomic mass is 10.1. The van der Waals surface area contributed by atoms with Crippen molar-refractivity contribution in [2.24, 2.45) is 0 Å². The molecule has 7 heteroatoms. The van der Waals surface area contributed by atoms with Gasteiger partial charge in [0.25, 0.3) is 5.91 Å². The van der Waals surface area contributed by atoms with Gasteiger partial charge in [0.1, 0.15) is 11.4 Å². The zero-order chi connectivity index (χ0) is 19.8. The maximum absolute atomic E-state index is 12.5. The van der Waals surface area contributed by atoms with Crippen molar-refractivity contribution in [3.05, 3.63) is 77.4 Å². The molecule has 0 saturated heterocycles. The third-order valence-electron chi connectivity index (χ3n) is 4.16. The van der Waals surface area contributed by atoms with Gasteiger partial charge in [-0.05, 0) is 48.7 Å². The molecule has 0 spiro atoms. The third kappa shape index (κ3) is 5.26. The molecular formula is C21H23N5O2. The number of nitrogens with zero attached hydrogens (tertiary/aromatic N) is 3. The van der Waals surface area contributed by atoms with Gasteiger partial charge in [-0.3, -0.25) is 9.78 Å². The summed E-state index contributed by atoms with van der Waals surface area (Å²) in [6, 6.07) is 13.3. The van der Waals surface area contributed by atoms with Crippen molar-refractivity contribution in [2.75, 3.05) is 19.0 Å². The highest BCUT2D eigenvalue weighted by atomic mass is 16.5. The first-order valence-electron chi connectivity index (χ1n) is 9.04. The molecule has 0 aliphatic carbocycles. The average molecular weight is 377 g/mol. The van der Waals surface area contributed by atoms with Crippen LogP contribution in [0.1, 0.15) is 27.3 Å². The smallest absolute Gasteiger partial charge is 0.270 e. The highest BCUT2D eigenvalue weighted by Crippen LogP contribution is 2.17. The first-order chi connectivity index (χ1) is 13.7. The summed E-state index contributed by atoms with van der Waals surface area (Å²) in [7, 11) is 1.64. The summed E-state index contributed by atoms with van der Waals surface area (Å²) in [5.41, 5.74) is 3.17. The molecule has 0 saturated carbocycles. The quantitative estimate of drug-likeness (QED) is 0.627. The van der Waals surface area contributed by atoms with E-state index in [9.17, 15) is 4.79 Å². The molecule has 0 bridgehead atoms. The second-order valence-corrected chi connectivity index (χ2v) is 6.24. The zero-order valence-electron chi connectivity index (χ0n) is 16.0. The molecule has 2 N–H and O–H groups in total. The fourth-order valence-corrected chi connectivity index (χ4v) is 2.76. The first kappa shape index (κ1) is 19.3. The van der Waals surface area contributed by atoms with E-state index in [0.29, 0.717) is 31.2 Å². The van der Waals surface area contributed by atoms with Crippen LogP contribution in [-0.4, -0.2) is 34.5 Å². The molecule has 1 amide bonds. The molecular weight excluding hydrogens is 354 g/mol. The highest BCUT2D eigenvalue weighted by Gasteiger charge is 2.11. The van der Waals surface area contributed by atoms with E-state index in [1.165, 1.54) is 0 Å². The predicted molar refractivity (Wildman–Crippen MR) is 107 cm³/mol. The SMILES string of the molecule is COc1ccccc1CCNC(=O)c1cc(C)nc(NCc2ccncc2)n1. The number of amides is 1. The number of aromatic nitrogens is 3. The summed E-state index contributed by atoms with van der Waals surface area (Å²) < 4.78 is 5.34. The Morgan fingerprint density at radius 1 is 1.11 bits per heavy atom. The number of hydrogen-bond donors (Lipinski definition) is 2. The van der Waals surface area contributed by atoms with Crippen molar-refractivity contribution in [3.63, 3.8) is 0 Å². The van der Waals surface area contributed by atoms with Gasteiger partial charge in [-0.15, -0.1) is 0 Å². The number of para-hydroxylation sites is 1. The van der Waals surface area contributed by atoms with Crippen molar-refractivity contribution in [3.8, 4) is 5.75 Å². The Hall–Kier alpha value is -3.48. The average Bonchev–Trinajstić information content (AvgIpc) is 2.73. The molecule has 28 heavy (non-hydrogen) atoms. The van der Waals surface area contributed by atoms with Gasteiger partial charge in [-0.25, -0.2) is 9.97 Å². The fraction of sp³-hybridized carbons (Fsp3) is 0.238. The van der Waals surface area contributed by atoms with Gasteiger partial charge < -0.3 is 15.4 Å². The number of hydrogen-bond acceptors (Lipinski definition) is 6. The summed E-state index contributed by atoms with van der Waals surface area (Å²) in [6.07, 6.45) is 4.14. The van der Waals surface area contributed by atoms with E-state index in [-0.39, 0.29) is 5.91 Å². The number of anilines is 1. The summed E-state index contributed by atoms with van der Waals surface area (Å²) in [4.78, 5) is 25.2. The van der Waals surface area contributed by atoms with E-state index in [2.05, 4.69) is 25.6 Å². The zero-order valence-corrected chi connectivity index (χ0v) is 16.0. The number of aryl methyl sites for hydroxylation is 1. The third-order valence-corrected chi connectivity index (χ3v) is 4.16. The van der Waals surface area contributed by atoms with Gasteiger partial charge in [-0.1, -0.05) is 18.2 Å². The van der Waals surface area contributed by atoms with Crippen LogP contribution in [0.3, 0.4) is 0 Å². The van der Waals surface area contributed by atoms with Crippen molar-refractivity contribution in [1.82, 2.24) is 20.3 Å². The second-order valence-electron chi connectivity index (χ2n) is 6.24. The molecule has 1 aromatic carbocycles. The molecule has 7 nitrogen and oxygen atoms in total. The number of nitrogens with one attached hydrogen (secondary N) is 2. The van der Waals surface area contributed by atoms with Crippen LogP contribution in [0.4, 0.5) is 5.95 Å². The molecule has 0 radical (unpaired) electrons. The lowest BCUT2D eigenvalue weighted by Gasteiger charge is -2.10. The van der Waals surface area contributed by atoms with Crippen LogP contribution in [0.15, 0.2) is 54.9 Å². The van der Waals surface area contributed by atoms with Crippen LogP contribution in [0.25, 0.3) is 0 Å². The Kier molecular flexibility index (Phi) is 6.51. The standard InChI is InChI=1S/C21H23N5O2/c1-15-13-18(26-21(25-15)24-14-16-7-10-22-11-8-16)20(27)23-12-9-17-5-3-4-6-19(17)28-2/h3-8,10-11,13H,9,12,14H2,1-2H3,(H,23,27)(H,24,25,26). The van der Waals surface area contributed by atoms with Gasteiger partial charge in [0.05, 0.1) is 7.11 Å². The predicted octanol–water partition coefficient (Wildman–Crippen LogP) is 2.77. The maximum atomic E-state index is 12.5. The Morgan fingerprint density at radius 2 is 1.89 bits per heavy atom. The van der Waals surface area contributed by atoms with Crippen molar-refractivity contribution >= 4 is 11.9 Å². The Balaban J connectivity index is 1.59. The highest BCUT2D eigenvalue weighted by molar-refractivity contribution is 5.92. The summed E-state index contributed by atoms with van der Waals surface area (Å²) in [6.45, 7) is 2.88. The van der Waals surface area contributed by atoms with Crippen molar-refractivity contribution in [2.45, 2.75) is 19.9 Å². The molecule has 3 aromatic rings. The van der Waals surface area contributed by atoms with E-state index in [0.717, 1.165) is 22.6 Å². The van der Waals surface area contributed by atoms with E-state index in [4.69, 9.17) is 4.74 Å².